The van der Waals surface area contributed by atoms with Crippen LogP contribution in [0.5, 0.6) is 0 Å². The summed E-state index contributed by atoms with van der Waals surface area (Å²) < 4.78 is 1.94. The molecule has 118 valence electrons. The number of rotatable bonds is 4. The summed E-state index contributed by atoms with van der Waals surface area (Å²) >= 11 is 6.31. The van der Waals surface area contributed by atoms with E-state index in [2.05, 4.69) is 15.3 Å². The van der Waals surface area contributed by atoms with Crippen molar-refractivity contribution in [1.82, 2.24) is 19.4 Å². The van der Waals surface area contributed by atoms with Gasteiger partial charge in [0.2, 0.25) is 0 Å². The van der Waals surface area contributed by atoms with Gasteiger partial charge in [-0.3, -0.25) is 4.98 Å². The van der Waals surface area contributed by atoms with Crippen LogP contribution >= 0.6 is 11.6 Å². The Bertz CT molecular complexity index is 981. The highest BCUT2D eigenvalue weighted by atomic mass is 35.5. The zero-order valence-corrected chi connectivity index (χ0v) is 13.5. The number of imidazole rings is 1. The maximum atomic E-state index is 6.31. The Hall–Kier alpha value is -2.92. The van der Waals surface area contributed by atoms with Crippen LogP contribution in [0.2, 0.25) is 5.02 Å². The fourth-order valence-corrected chi connectivity index (χ4v) is 2.76. The standard InChI is InChI=1S/C18H14ClN5/c19-15-7-2-1-6-14(15)16-12-24-10-9-21-18(24)17(23-16)22-11-13-5-3-4-8-20-13/h1-10,12H,11H2,(H,22,23). The predicted octanol–water partition coefficient (Wildman–Crippen LogP) is 4.06. The first-order valence-corrected chi connectivity index (χ1v) is 7.91. The lowest BCUT2D eigenvalue weighted by atomic mass is 10.1. The number of aromatic nitrogens is 4. The van der Waals surface area contributed by atoms with Gasteiger partial charge < -0.3 is 9.72 Å². The molecule has 0 bridgehead atoms. The molecule has 4 rings (SSSR count). The number of hydrogen-bond donors (Lipinski definition) is 1. The Morgan fingerprint density at radius 2 is 1.88 bits per heavy atom. The van der Waals surface area contributed by atoms with Gasteiger partial charge in [-0.15, -0.1) is 0 Å². The molecule has 0 aliphatic rings. The summed E-state index contributed by atoms with van der Waals surface area (Å²) in [7, 11) is 0. The van der Waals surface area contributed by atoms with Crippen LogP contribution in [0.15, 0.2) is 67.3 Å². The highest BCUT2D eigenvalue weighted by Crippen LogP contribution is 2.28. The predicted molar refractivity (Wildman–Crippen MR) is 95.0 cm³/mol. The summed E-state index contributed by atoms with van der Waals surface area (Å²) in [5, 5.41) is 3.99. The van der Waals surface area contributed by atoms with Crippen LogP contribution in [0.25, 0.3) is 16.9 Å². The molecule has 0 saturated carbocycles. The smallest absolute Gasteiger partial charge is 0.180 e. The van der Waals surface area contributed by atoms with Gasteiger partial charge >= 0.3 is 0 Å². The molecule has 3 aromatic heterocycles. The lowest BCUT2D eigenvalue weighted by Crippen LogP contribution is -2.06. The molecule has 6 heteroatoms. The first-order chi connectivity index (χ1) is 11.8. The van der Waals surface area contributed by atoms with Gasteiger partial charge in [0, 0.05) is 30.4 Å². The lowest BCUT2D eigenvalue weighted by Gasteiger charge is -2.10. The van der Waals surface area contributed by atoms with Crippen LogP contribution in [0.1, 0.15) is 5.69 Å². The average Bonchev–Trinajstić information content (AvgIpc) is 3.09. The third-order valence-electron chi connectivity index (χ3n) is 3.69. The molecule has 0 amide bonds. The molecule has 4 aromatic rings. The molecule has 0 unspecified atom stereocenters. The first-order valence-electron chi connectivity index (χ1n) is 7.53. The van der Waals surface area contributed by atoms with Gasteiger partial charge in [0.1, 0.15) is 0 Å². The fourth-order valence-electron chi connectivity index (χ4n) is 2.53. The van der Waals surface area contributed by atoms with Crippen molar-refractivity contribution in [2.24, 2.45) is 0 Å². The molecule has 0 spiro atoms. The third-order valence-corrected chi connectivity index (χ3v) is 4.02. The van der Waals surface area contributed by atoms with Crippen molar-refractivity contribution in [1.29, 1.82) is 0 Å². The molecule has 1 aromatic carbocycles. The molecular formula is C18H14ClN5. The summed E-state index contributed by atoms with van der Waals surface area (Å²) in [4.78, 5) is 13.4. The van der Waals surface area contributed by atoms with Crippen LogP contribution in [-0.2, 0) is 6.54 Å². The normalized spacial score (nSPS) is 10.9. The van der Waals surface area contributed by atoms with Gasteiger partial charge in [0.15, 0.2) is 11.5 Å². The second kappa shape index (κ2) is 6.29. The van der Waals surface area contributed by atoms with E-state index in [1.807, 2.05) is 59.3 Å². The van der Waals surface area contributed by atoms with Crippen molar-refractivity contribution in [3.05, 3.63) is 78.0 Å². The first kappa shape index (κ1) is 14.7. The van der Waals surface area contributed by atoms with Crippen LogP contribution in [0, 0.1) is 0 Å². The Morgan fingerprint density at radius 1 is 1.00 bits per heavy atom. The maximum absolute atomic E-state index is 6.31. The second-order valence-corrected chi connectivity index (χ2v) is 5.69. The summed E-state index contributed by atoms with van der Waals surface area (Å²) in [6.45, 7) is 0.572. The fraction of sp³-hybridized carbons (Fsp3) is 0.0556. The maximum Gasteiger partial charge on any atom is 0.180 e. The summed E-state index contributed by atoms with van der Waals surface area (Å²) in [5.74, 6) is 0.697. The van der Waals surface area contributed by atoms with Gasteiger partial charge in [-0.2, -0.15) is 0 Å². The van der Waals surface area contributed by atoms with Crippen LogP contribution in [0.3, 0.4) is 0 Å². The molecule has 5 nitrogen and oxygen atoms in total. The largest absolute Gasteiger partial charge is 0.361 e. The van der Waals surface area contributed by atoms with Gasteiger partial charge in [-0.05, 0) is 18.2 Å². The van der Waals surface area contributed by atoms with E-state index in [1.165, 1.54) is 0 Å². The van der Waals surface area contributed by atoms with Crippen molar-refractivity contribution in [3.8, 4) is 11.3 Å². The minimum absolute atomic E-state index is 0.572. The molecule has 0 radical (unpaired) electrons. The van der Waals surface area contributed by atoms with E-state index >= 15 is 0 Å². The van der Waals surface area contributed by atoms with Crippen LogP contribution in [0.4, 0.5) is 5.82 Å². The van der Waals surface area contributed by atoms with E-state index in [1.54, 1.807) is 12.4 Å². The minimum Gasteiger partial charge on any atom is -0.361 e. The topological polar surface area (TPSA) is 55.1 Å². The zero-order valence-electron chi connectivity index (χ0n) is 12.7. The quantitative estimate of drug-likeness (QED) is 0.611. The van der Waals surface area contributed by atoms with E-state index in [-0.39, 0.29) is 0 Å². The average molecular weight is 336 g/mol. The van der Waals surface area contributed by atoms with Crippen LogP contribution in [-0.4, -0.2) is 19.4 Å². The zero-order chi connectivity index (χ0) is 16.4. The highest BCUT2D eigenvalue weighted by Gasteiger charge is 2.11. The molecule has 24 heavy (non-hydrogen) atoms. The van der Waals surface area contributed by atoms with Crippen molar-refractivity contribution in [2.75, 3.05) is 5.32 Å². The molecular weight excluding hydrogens is 322 g/mol. The Balaban J connectivity index is 1.74. The molecule has 1 N–H and O–H groups in total. The number of nitrogens with zero attached hydrogens (tertiary/aromatic N) is 4. The summed E-state index contributed by atoms with van der Waals surface area (Å²) in [5.41, 5.74) is 3.37. The molecule has 0 fully saturated rings. The van der Waals surface area contributed by atoms with E-state index in [4.69, 9.17) is 16.6 Å². The highest BCUT2D eigenvalue weighted by molar-refractivity contribution is 6.33. The molecule has 0 aliphatic heterocycles. The molecule has 0 saturated heterocycles. The third kappa shape index (κ3) is 2.81. The Labute approximate surface area is 144 Å². The summed E-state index contributed by atoms with van der Waals surface area (Å²) in [6, 6.07) is 13.5. The van der Waals surface area contributed by atoms with E-state index in [0.29, 0.717) is 17.4 Å². The van der Waals surface area contributed by atoms with E-state index < -0.39 is 0 Å². The number of halogens is 1. The van der Waals surface area contributed by atoms with Gasteiger partial charge in [-0.25, -0.2) is 9.97 Å². The molecule has 0 aliphatic carbocycles. The minimum atomic E-state index is 0.572. The number of hydrogen-bond acceptors (Lipinski definition) is 4. The molecule has 3 heterocycles. The number of anilines is 1. The van der Waals surface area contributed by atoms with Crippen molar-refractivity contribution < 1.29 is 0 Å². The van der Waals surface area contributed by atoms with Gasteiger partial charge in [0.05, 0.1) is 23.0 Å². The summed E-state index contributed by atoms with van der Waals surface area (Å²) in [6.07, 6.45) is 7.34. The monoisotopic (exact) mass is 335 g/mol. The van der Waals surface area contributed by atoms with E-state index in [9.17, 15) is 0 Å². The van der Waals surface area contributed by atoms with Gasteiger partial charge in [-0.1, -0.05) is 35.9 Å². The molecule has 0 atom stereocenters. The number of benzene rings is 1. The number of nitrogens with one attached hydrogen (secondary N) is 1. The number of pyridine rings is 1. The van der Waals surface area contributed by atoms with Crippen molar-refractivity contribution in [3.63, 3.8) is 0 Å². The van der Waals surface area contributed by atoms with Crippen LogP contribution < -0.4 is 5.32 Å². The SMILES string of the molecule is Clc1ccccc1-c1cn2ccnc2c(NCc2ccccn2)n1. The van der Waals surface area contributed by atoms with Crippen molar-refractivity contribution in [2.45, 2.75) is 6.54 Å². The Kier molecular flexibility index (Phi) is 3.84. The Morgan fingerprint density at radius 3 is 2.71 bits per heavy atom. The lowest BCUT2D eigenvalue weighted by molar-refractivity contribution is 1.02. The second-order valence-electron chi connectivity index (χ2n) is 5.29. The van der Waals surface area contributed by atoms with E-state index in [0.717, 1.165) is 22.6 Å². The van der Waals surface area contributed by atoms with Gasteiger partial charge in [0.25, 0.3) is 0 Å². The number of fused-ring (bicyclic) bond motifs is 1. The van der Waals surface area contributed by atoms with Crippen molar-refractivity contribution >= 4 is 23.1 Å².